The first kappa shape index (κ1) is 26.3. The number of Topliss-reactive ketones (excluding diaryl/α,β-unsaturated/α-hetero) is 1. The molecule has 2 aromatic carbocycles. The summed E-state index contributed by atoms with van der Waals surface area (Å²) in [5.41, 5.74) is 1.33. The molecule has 37 heavy (non-hydrogen) atoms. The lowest BCUT2D eigenvalue weighted by Crippen LogP contribution is -2.23. The van der Waals surface area contributed by atoms with Gasteiger partial charge in [0.2, 0.25) is 0 Å². The molecule has 0 saturated carbocycles. The molecule has 0 saturated heterocycles. The molecule has 0 aromatic heterocycles. The lowest BCUT2D eigenvalue weighted by Gasteiger charge is -2.28. The highest BCUT2D eigenvalue weighted by Crippen LogP contribution is 2.49. The molecule has 0 bridgehead atoms. The quantitative estimate of drug-likeness (QED) is 0.438. The molecule has 0 spiro atoms. The minimum atomic E-state index is -0.677. The summed E-state index contributed by atoms with van der Waals surface area (Å²) in [5, 5.41) is 11.5. The number of benzene rings is 2. The summed E-state index contributed by atoms with van der Waals surface area (Å²) in [6.07, 6.45) is 6.45. The molecule has 2 aliphatic heterocycles. The number of aromatic hydroxyl groups is 1. The van der Waals surface area contributed by atoms with Gasteiger partial charge in [-0.1, -0.05) is 12.2 Å². The van der Waals surface area contributed by atoms with E-state index in [9.17, 15) is 19.5 Å². The van der Waals surface area contributed by atoms with Gasteiger partial charge in [0, 0.05) is 29.9 Å². The maximum absolute atomic E-state index is 13.4. The highest BCUT2D eigenvalue weighted by Gasteiger charge is 2.37. The number of phenolic OH excluding ortho intramolecular Hbond substituents is 1. The van der Waals surface area contributed by atoms with Crippen molar-refractivity contribution in [2.45, 2.75) is 63.9 Å². The van der Waals surface area contributed by atoms with Crippen LogP contribution in [0, 0.1) is 0 Å². The van der Waals surface area contributed by atoms with Crippen LogP contribution in [0.4, 0.5) is 0 Å². The van der Waals surface area contributed by atoms with E-state index in [0.717, 1.165) is 0 Å². The fraction of sp³-hybridized carbons (Fsp3) is 0.414. The first-order valence-electron chi connectivity index (χ1n) is 12.5. The number of hydrogen-bond donors (Lipinski definition) is 1. The van der Waals surface area contributed by atoms with E-state index < -0.39 is 24.0 Å². The number of methoxy groups -OCH3 is 2. The zero-order valence-corrected chi connectivity index (χ0v) is 21.4. The van der Waals surface area contributed by atoms with E-state index in [1.54, 1.807) is 37.3 Å². The summed E-state index contributed by atoms with van der Waals surface area (Å²) in [4.78, 5) is 38.1. The maximum Gasteiger partial charge on any atom is 0.342 e. The Morgan fingerprint density at radius 2 is 1.81 bits per heavy atom. The van der Waals surface area contributed by atoms with Crippen LogP contribution in [-0.2, 0) is 14.3 Å². The third-order valence-electron chi connectivity index (χ3n) is 6.79. The van der Waals surface area contributed by atoms with E-state index in [1.165, 1.54) is 14.2 Å². The van der Waals surface area contributed by atoms with Gasteiger partial charge in [0.05, 0.1) is 26.7 Å². The number of fused-ring (bicyclic) bond motifs is 2. The third kappa shape index (κ3) is 5.79. The molecule has 0 fully saturated rings. The Balaban J connectivity index is 1.85. The molecule has 8 heteroatoms. The van der Waals surface area contributed by atoms with Gasteiger partial charge in [-0.25, -0.2) is 4.79 Å². The Morgan fingerprint density at radius 1 is 1.03 bits per heavy atom. The largest absolute Gasteiger partial charge is 0.507 e. The van der Waals surface area contributed by atoms with Crippen molar-refractivity contribution in [1.29, 1.82) is 0 Å². The highest BCUT2D eigenvalue weighted by atomic mass is 16.5. The van der Waals surface area contributed by atoms with Crippen molar-refractivity contribution in [3.05, 3.63) is 52.6 Å². The maximum atomic E-state index is 13.4. The fourth-order valence-electron chi connectivity index (χ4n) is 4.90. The SMILES string of the molecule is COc1ccc(OC)c(C2CC(=O)Oc3cc4c(c(O)c32)C(=O)O[C@@H](C)CCCC(=O)CCC/C=C/4)c1. The Morgan fingerprint density at radius 3 is 2.57 bits per heavy atom. The molecule has 1 unspecified atom stereocenters. The summed E-state index contributed by atoms with van der Waals surface area (Å²) in [6, 6.07) is 6.80. The van der Waals surface area contributed by atoms with Crippen molar-refractivity contribution in [2.75, 3.05) is 14.2 Å². The Bertz CT molecular complexity index is 1230. The summed E-state index contributed by atoms with van der Waals surface area (Å²) < 4.78 is 22.1. The lowest BCUT2D eigenvalue weighted by atomic mass is 9.83. The van der Waals surface area contributed by atoms with Crippen molar-refractivity contribution in [2.24, 2.45) is 0 Å². The smallest absolute Gasteiger partial charge is 0.342 e. The van der Waals surface area contributed by atoms with Gasteiger partial charge in [-0.3, -0.25) is 9.59 Å². The number of allylic oxidation sites excluding steroid dienone is 1. The number of carbonyl (C=O) groups excluding carboxylic acids is 3. The van der Waals surface area contributed by atoms with Gasteiger partial charge in [-0.05, 0) is 62.4 Å². The van der Waals surface area contributed by atoms with Gasteiger partial charge in [0.1, 0.15) is 34.3 Å². The van der Waals surface area contributed by atoms with E-state index in [-0.39, 0.29) is 29.3 Å². The van der Waals surface area contributed by atoms with Gasteiger partial charge in [-0.15, -0.1) is 0 Å². The summed E-state index contributed by atoms with van der Waals surface area (Å²) in [7, 11) is 3.06. The average Bonchev–Trinajstić information content (AvgIpc) is 2.86. The highest BCUT2D eigenvalue weighted by molar-refractivity contribution is 5.98. The predicted molar refractivity (Wildman–Crippen MR) is 136 cm³/mol. The summed E-state index contributed by atoms with van der Waals surface area (Å²) >= 11 is 0. The molecule has 2 heterocycles. The third-order valence-corrected chi connectivity index (χ3v) is 6.79. The molecule has 0 amide bonds. The molecule has 8 nitrogen and oxygen atoms in total. The van der Waals surface area contributed by atoms with Gasteiger partial charge < -0.3 is 24.1 Å². The molecule has 2 atom stereocenters. The van der Waals surface area contributed by atoms with E-state index >= 15 is 0 Å². The lowest BCUT2D eigenvalue weighted by molar-refractivity contribution is -0.135. The minimum absolute atomic E-state index is 0.0137. The van der Waals surface area contributed by atoms with Crippen LogP contribution in [0.3, 0.4) is 0 Å². The number of ether oxygens (including phenoxy) is 4. The summed E-state index contributed by atoms with van der Waals surface area (Å²) in [5.74, 6) is -0.643. The minimum Gasteiger partial charge on any atom is -0.507 e. The number of cyclic esters (lactones) is 1. The van der Waals surface area contributed by atoms with Gasteiger partial charge in [0.25, 0.3) is 0 Å². The number of hydrogen-bond acceptors (Lipinski definition) is 8. The second-order valence-corrected chi connectivity index (χ2v) is 9.38. The van der Waals surface area contributed by atoms with Crippen molar-refractivity contribution >= 4 is 23.8 Å². The van der Waals surface area contributed by atoms with Crippen LogP contribution in [0.1, 0.15) is 84.8 Å². The molecule has 0 radical (unpaired) electrons. The van der Waals surface area contributed by atoms with Crippen LogP contribution >= 0.6 is 0 Å². The van der Waals surface area contributed by atoms with Crippen molar-refractivity contribution in [1.82, 2.24) is 0 Å². The van der Waals surface area contributed by atoms with Crippen molar-refractivity contribution in [3.63, 3.8) is 0 Å². The molecule has 196 valence electrons. The Hall–Kier alpha value is -3.81. The van der Waals surface area contributed by atoms with Crippen LogP contribution in [0.15, 0.2) is 30.3 Å². The van der Waals surface area contributed by atoms with Gasteiger partial charge >= 0.3 is 11.9 Å². The molecule has 2 aromatic rings. The standard InChI is InChI=1S/C29H32O8/c1-17-8-7-11-19(30)10-6-4-5-9-18-14-24-27(28(32)26(18)29(33)36-17)22(16-25(31)37-24)21-15-20(34-2)12-13-23(21)35-3/h5,9,12-15,17,22,32H,4,6-8,10-11,16H2,1-3H3/b9-5+/t17-,22?/m0/s1. The van der Waals surface area contributed by atoms with E-state index in [1.807, 2.05) is 6.08 Å². The van der Waals surface area contributed by atoms with Crippen LogP contribution < -0.4 is 14.2 Å². The summed E-state index contributed by atoms with van der Waals surface area (Å²) in [6.45, 7) is 1.77. The number of esters is 2. The monoisotopic (exact) mass is 508 g/mol. The predicted octanol–water partition coefficient (Wildman–Crippen LogP) is 5.33. The first-order valence-corrected chi connectivity index (χ1v) is 12.5. The molecule has 0 aliphatic carbocycles. The van der Waals surface area contributed by atoms with E-state index in [0.29, 0.717) is 66.7 Å². The van der Waals surface area contributed by atoms with Crippen molar-refractivity contribution in [3.8, 4) is 23.0 Å². The Kier molecular flexibility index (Phi) is 8.16. The molecule has 4 rings (SSSR count). The topological polar surface area (TPSA) is 108 Å². The first-order chi connectivity index (χ1) is 17.8. The second kappa shape index (κ2) is 11.5. The normalized spacial score (nSPS) is 21.5. The molecule has 1 N–H and O–H groups in total. The van der Waals surface area contributed by atoms with Crippen LogP contribution in [0.2, 0.25) is 0 Å². The van der Waals surface area contributed by atoms with Gasteiger partial charge in [0.15, 0.2) is 0 Å². The van der Waals surface area contributed by atoms with E-state index in [4.69, 9.17) is 18.9 Å². The zero-order chi connectivity index (χ0) is 26.5. The number of carbonyl (C=O) groups is 3. The average molecular weight is 509 g/mol. The van der Waals surface area contributed by atoms with E-state index in [2.05, 4.69) is 0 Å². The molecule has 2 aliphatic rings. The van der Waals surface area contributed by atoms with Gasteiger partial charge in [-0.2, -0.15) is 0 Å². The zero-order valence-electron chi connectivity index (χ0n) is 21.4. The number of ketones is 1. The Labute approximate surface area is 216 Å². The molecular formula is C29H32O8. The number of phenols is 1. The molecular weight excluding hydrogens is 476 g/mol. The second-order valence-electron chi connectivity index (χ2n) is 9.38. The van der Waals surface area contributed by atoms with Crippen LogP contribution in [0.25, 0.3) is 6.08 Å². The fourth-order valence-corrected chi connectivity index (χ4v) is 4.90. The number of rotatable bonds is 3. The van der Waals surface area contributed by atoms with Crippen LogP contribution in [0.5, 0.6) is 23.0 Å². The van der Waals surface area contributed by atoms with Crippen molar-refractivity contribution < 1.29 is 38.4 Å². The van der Waals surface area contributed by atoms with Crippen LogP contribution in [-0.4, -0.2) is 43.2 Å².